The lowest BCUT2D eigenvalue weighted by Crippen LogP contribution is -2.37. The van der Waals surface area contributed by atoms with E-state index in [4.69, 9.17) is 21.1 Å². The van der Waals surface area contributed by atoms with E-state index in [1.807, 2.05) is 18.2 Å². The van der Waals surface area contributed by atoms with Crippen LogP contribution in [0.2, 0.25) is 5.02 Å². The van der Waals surface area contributed by atoms with E-state index in [2.05, 4.69) is 20.6 Å². The minimum Gasteiger partial charge on any atom is -0.488 e. The van der Waals surface area contributed by atoms with Crippen molar-refractivity contribution >= 4 is 35.5 Å². The molecule has 1 aromatic heterocycles. The molecule has 1 atom stereocenters. The van der Waals surface area contributed by atoms with E-state index in [9.17, 15) is 4.79 Å². The van der Waals surface area contributed by atoms with E-state index in [-0.39, 0.29) is 12.2 Å². The highest BCUT2D eigenvalue weighted by Crippen LogP contribution is 2.35. The maximum atomic E-state index is 11.2. The number of carbonyl (C=O) groups excluding carboxylic acids is 1. The molecule has 1 saturated heterocycles. The Morgan fingerprint density at radius 2 is 2.17 bits per heavy atom. The summed E-state index contributed by atoms with van der Waals surface area (Å²) in [6.45, 7) is 1.67. The minimum absolute atomic E-state index is 0.174. The number of hydrogen-bond acceptors (Lipinski definition) is 7. The van der Waals surface area contributed by atoms with Crippen LogP contribution in [0.1, 0.15) is 37.4 Å². The van der Waals surface area contributed by atoms with Crippen molar-refractivity contribution in [2.45, 2.75) is 37.9 Å². The molecule has 30 heavy (non-hydrogen) atoms. The first-order chi connectivity index (χ1) is 14.7. The van der Waals surface area contributed by atoms with Crippen LogP contribution in [0.4, 0.5) is 17.5 Å². The molecule has 0 radical (unpaired) electrons. The first-order valence-corrected chi connectivity index (χ1v) is 10.6. The molecule has 1 aromatic carbocycles. The number of halogens is 1. The molecule has 1 aliphatic heterocycles. The number of rotatable bonds is 7. The molecule has 0 spiro atoms. The lowest BCUT2D eigenvalue weighted by molar-refractivity contribution is -0.125. The van der Waals surface area contributed by atoms with Crippen molar-refractivity contribution < 1.29 is 14.3 Å². The van der Waals surface area contributed by atoms with Crippen molar-refractivity contribution in [2.75, 3.05) is 37.4 Å². The number of ether oxygens (including phenoxy) is 2. The first-order valence-electron chi connectivity index (χ1n) is 10.2. The summed E-state index contributed by atoms with van der Waals surface area (Å²) in [6, 6.07) is 5.92. The van der Waals surface area contributed by atoms with E-state index in [1.54, 1.807) is 18.1 Å². The molecule has 1 unspecified atom stereocenters. The Morgan fingerprint density at radius 1 is 1.33 bits per heavy atom. The van der Waals surface area contributed by atoms with Crippen molar-refractivity contribution in [1.82, 2.24) is 14.9 Å². The summed E-state index contributed by atoms with van der Waals surface area (Å²) in [5.41, 5.74) is 1.76. The summed E-state index contributed by atoms with van der Waals surface area (Å²) in [4.78, 5) is 21.6. The fraction of sp³-hybridized carbons (Fsp3) is 0.476. The van der Waals surface area contributed by atoms with Gasteiger partial charge in [0.15, 0.2) is 0 Å². The van der Waals surface area contributed by atoms with Crippen molar-refractivity contribution in [3.8, 4) is 5.75 Å². The summed E-state index contributed by atoms with van der Waals surface area (Å²) in [6.07, 6.45) is 6.90. The fourth-order valence-electron chi connectivity index (χ4n) is 3.82. The van der Waals surface area contributed by atoms with Gasteiger partial charge in [0.25, 0.3) is 0 Å². The van der Waals surface area contributed by atoms with Crippen molar-refractivity contribution in [2.24, 2.45) is 0 Å². The van der Waals surface area contributed by atoms with E-state index in [0.717, 1.165) is 36.3 Å². The summed E-state index contributed by atoms with van der Waals surface area (Å²) >= 11 is 6.09. The predicted octanol–water partition coefficient (Wildman–Crippen LogP) is 3.77. The Labute approximate surface area is 180 Å². The second kappa shape index (κ2) is 9.49. The largest absolute Gasteiger partial charge is 0.488 e. The van der Waals surface area contributed by atoms with Gasteiger partial charge in [-0.2, -0.15) is 4.98 Å². The van der Waals surface area contributed by atoms with Crippen LogP contribution in [-0.4, -0.2) is 54.1 Å². The Bertz CT molecular complexity index is 891. The van der Waals surface area contributed by atoms with Gasteiger partial charge in [-0.25, -0.2) is 4.98 Å². The second-order valence-electron chi connectivity index (χ2n) is 7.50. The van der Waals surface area contributed by atoms with Gasteiger partial charge < -0.3 is 25.0 Å². The van der Waals surface area contributed by atoms with Crippen LogP contribution < -0.4 is 15.4 Å². The number of carbonyl (C=O) groups is 1. The molecule has 2 N–H and O–H groups in total. The fourth-order valence-corrected chi connectivity index (χ4v) is 4.00. The van der Waals surface area contributed by atoms with Crippen LogP contribution in [0.25, 0.3) is 0 Å². The highest BCUT2D eigenvalue weighted by molar-refractivity contribution is 6.32. The Hall–Kier alpha value is -2.58. The van der Waals surface area contributed by atoms with Crippen LogP contribution in [0.5, 0.6) is 5.75 Å². The number of aromatic nitrogens is 2. The van der Waals surface area contributed by atoms with E-state index in [0.29, 0.717) is 36.5 Å². The SMILES string of the molecule is CNc1nc(Nc2ccc(C3CN(C=O)CCO3)cc2OC2CCCC2)ncc1Cl. The number of anilines is 3. The number of nitrogens with zero attached hydrogens (tertiary/aromatic N) is 3. The second-order valence-corrected chi connectivity index (χ2v) is 7.91. The highest BCUT2D eigenvalue weighted by Gasteiger charge is 2.24. The molecule has 0 bridgehead atoms. The zero-order valence-electron chi connectivity index (χ0n) is 16.9. The number of amides is 1. The molecule has 4 rings (SSSR count). The van der Waals surface area contributed by atoms with Gasteiger partial charge in [-0.05, 0) is 43.4 Å². The number of morpholine rings is 1. The Balaban J connectivity index is 1.60. The summed E-state index contributed by atoms with van der Waals surface area (Å²) in [5.74, 6) is 1.71. The molecule has 1 saturated carbocycles. The van der Waals surface area contributed by atoms with Gasteiger partial charge in [-0.1, -0.05) is 17.7 Å². The maximum absolute atomic E-state index is 11.2. The molecule has 1 aliphatic carbocycles. The zero-order chi connectivity index (χ0) is 20.9. The predicted molar refractivity (Wildman–Crippen MR) is 116 cm³/mol. The molecule has 160 valence electrons. The molecule has 2 fully saturated rings. The molecule has 2 heterocycles. The topological polar surface area (TPSA) is 88.6 Å². The molecule has 8 nitrogen and oxygen atoms in total. The monoisotopic (exact) mass is 431 g/mol. The Kier molecular flexibility index (Phi) is 6.54. The van der Waals surface area contributed by atoms with Crippen LogP contribution >= 0.6 is 11.6 Å². The van der Waals surface area contributed by atoms with Gasteiger partial charge >= 0.3 is 0 Å². The lowest BCUT2D eigenvalue weighted by atomic mass is 10.1. The third-order valence-corrected chi connectivity index (χ3v) is 5.72. The van der Waals surface area contributed by atoms with Gasteiger partial charge in [0.2, 0.25) is 12.4 Å². The summed E-state index contributed by atoms with van der Waals surface area (Å²) < 4.78 is 12.2. The van der Waals surface area contributed by atoms with Gasteiger partial charge in [0, 0.05) is 13.6 Å². The normalized spacial score (nSPS) is 19.5. The zero-order valence-corrected chi connectivity index (χ0v) is 17.7. The molecular formula is C21H26ClN5O3. The lowest BCUT2D eigenvalue weighted by Gasteiger charge is -2.31. The Morgan fingerprint density at radius 3 is 2.93 bits per heavy atom. The molecule has 2 aromatic rings. The smallest absolute Gasteiger partial charge is 0.229 e. The number of benzene rings is 1. The third-order valence-electron chi connectivity index (χ3n) is 5.45. The maximum Gasteiger partial charge on any atom is 0.229 e. The molecule has 2 aliphatic rings. The van der Waals surface area contributed by atoms with E-state index < -0.39 is 0 Å². The van der Waals surface area contributed by atoms with Gasteiger partial charge in [0.1, 0.15) is 22.7 Å². The van der Waals surface area contributed by atoms with Gasteiger partial charge in [-0.3, -0.25) is 4.79 Å². The van der Waals surface area contributed by atoms with Crippen LogP contribution in [0.3, 0.4) is 0 Å². The summed E-state index contributed by atoms with van der Waals surface area (Å²) in [5, 5.41) is 6.65. The quantitative estimate of drug-likeness (QED) is 0.645. The number of hydrogen-bond donors (Lipinski definition) is 2. The van der Waals surface area contributed by atoms with Crippen LogP contribution in [0, 0.1) is 0 Å². The number of nitrogens with one attached hydrogen (secondary N) is 2. The molecule has 9 heteroatoms. The van der Waals surface area contributed by atoms with Crippen LogP contribution in [-0.2, 0) is 9.53 Å². The van der Waals surface area contributed by atoms with Crippen molar-refractivity contribution in [3.63, 3.8) is 0 Å². The first kappa shape index (κ1) is 20.7. The van der Waals surface area contributed by atoms with Gasteiger partial charge in [-0.15, -0.1) is 0 Å². The van der Waals surface area contributed by atoms with E-state index >= 15 is 0 Å². The standard InChI is InChI=1S/C21H26ClN5O3/c1-23-20-16(22)11-24-21(26-20)25-17-7-6-14(19-12-27(13-28)8-9-29-19)10-18(17)30-15-4-2-3-5-15/h6-7,10-11,13,15,19H,2-5,8-9,12H2,1H3,(H2,23,24,25,26). The van der Waals surface area contributed by atoms with E-state index in [1.165, 1.54) is 12.8 Å². The third kappa shape index (κ3) is 4.76. The minimum atomic E-state index is -0.174. The van der Waals surface area contributed by atoms with Crippen molar-refractivity contribution in [3.05, 3.63) is 35.0 Å². The van der Waals surface area contributed by atoms with Crippen LogP contribution in [0.15, 0.2) is 24.4 Å². The highest BCUT2D eigenvalue weighted by atomic mass is 35.5. The average Bonchev–Trinajstić information content (AvgIpc) is 3.29. The average molecular weight is 432 g/mol. The summed E-state index contributed by atoms with van der Waals surface area (Å²) in [7, 11) is 1.76. The molecular weight excluding hydrogens is 406 g/mol. The van der Waals surface area contributed by atoms with Crippen molar-refractivity contribution in [1.29, 1.82) is 0 Å². The molecule has 1 amide bonds. The van der Waals surface area contributed by atoms with Gasteiger partial charge in [0.05, 0.1) is 31.1 Å².